The lowest BCUT2D eigenvalue weighted by Gasteiger charge is -2.16. The van der Waals surface area contributed by atoms with Gasteiger partial charge in [-0.15, -0.1) is 0 Å². The van der Waals surface area contributed by atoms with E-state index in [0.29, 0.717) is 19.6 Å². The Kier molecular flexibility index (Phi) is 7.07. The smallest absolute Gasteiger partial charge is 0.309 e. The molecular weight excluding hydrogens is 215 g/mol. The Balaban J connectivity index is 4.27. The van der Waals surface area contributed by atoms with Crippen LogP contribution in [0.1, 0.15) is 34.1 Å². The van der Waals surface area contributed by atoms with Gasteiger partial charge in [-0.05, 0) is 19.8 Å². The fourth-order valence-corrected chi connectivity index (χ4v) is 2.86. The summed E-state index contributed by atoms with van der Waals surface area (Å²) in [6.07, 6.45) is 0.316. The summed E-state index contributed by atoms with van der Waals surface area (Å²) in [5.41, 5.74) is 0. The molecule has 0 aromatic heterocycles. The summed E-state index contributed by atoms with van der Waals surface area (Å²) in [5, 5.41) is 0. The molecule has 0 heterocycles. The van der Waals surface area contributed by atoms with Gasteiger partial charge in [0.05, 0.1) is 13.2 Å². The Morgan fingerprint density at radius 1 is 1.20 bits per heavy atom. The molecule has 0 radical (unpaired) electrons. The van der Waals surface area contributed by atoms with Gasteiger partial charge < -0.3 is 9.05 Å². The summed E-state index contributed by atoms with van der Waals surface area (Å²) in [6, 6.07) is 0. The van der Waals surface area contributed by atoms with E-state index in [-0.39, 0.29) is 17.9 Å². The molecular formula is C10H21O4P. The molecule has 0 unspecified atom stereocenters. The van der Waals surface area contributed by atoms with E-state index in [9.17, 15) is 9.36 Å². The van der Waals surface area contributed by atoms with E-state index in [2.05, 4.69) is 0 Å². The zero-order chi connectivity index (χ0) is 11.9. The predicted octanol–water partition coefficient (Wildman–Crippen LogP) is 2.87. The fraction of sp³-hybridized carbons (Fsp3) is 0.900. The van der Waals surface area contributed by atoms with Crippen LogP contribution in [0.3, 0.4) is 0 Å². The average molecular weight is 236 g/mol. The number of carbonyl (C=O) groups excluding carboxylic acids is 1. The molecule has 0 amide bonds. The average Bonchev–Trinajstić information content (AvgIpc) is 2.01. The van der Waals surface area contributed by atoms with Gasteiger partial charge in [-0.1, -0.05) is 13.8 Å². The van der Waals surface area contributed by atoms with Crippen molar-refractivity contribution in [3.63, 3.8) is 0 Å². The first-order valence-corrected chi connectivity index (χ1v) is 7.06. The highest BCUT2D eigenvalue weighted by molar-refractivity contribution is 7.54. The Morgan fingerprint density at radius 2 is 1.67 bits per heavy atom. The number of rotatable bonds is 8. The molecule has 0 fully saturated rings. The lowest BCUT2D eigenvalue weighted by molar-refractivity contribution is -0.117. The molecule has 0 saturated carbocycles. The van der Waals surface area contributed by atoms with Crippen molar-refractivity contribution in [3.05, 3.63) is 0 Å². The Hall–Kier alpha value is -0.180. The van der Waals surface area contributed by atoms with Crippen molar-refractivity contribution in [1.82, 2.24) is 0 Å². The number of carbonyl (C=O) groups is 1. The minimum atomic E-state index is -3.18. The molecule has 0 aliphatic rings. The maximum atomic E-state index is 11.9. The largest absolute Gasteiger partial charge is 0.338 e. The minimum Gasteiger partial charge on any atom is -0.309 e. The Morgan fingerprint density at radius 3 is 2.00 bits per heavy atom. The fourth-order valence-electron chi connectivity index (χ4n) is 1.26. The van der Waals surface area contributed by atoms with Crippen molar-refractivity contribution in [2.24, 2.45) is 5.92 Å². The van der Waals surface area contributed by atoms with Crippen LogP contribution in [0.4, 0.5) is 0 Å². The number of Topliss-reactive ketones (excluding diaryl/α,β-unsaturated/α-hetero) is 1. The summed E-state index contributed by atoms with van der Waals surface area (Å²) in [7, 11) is -3.18. The molecule has 0 aliphatic heterocycles. The zero-order valence-corrected chi connectivity index (χ0v) is 10.9. The summed E-state index contributed by atoms with van der Waals surface area (Å²) in [5.74, 6) is 0.212. The number of hydrogen-bond donors (Lipinski definition) is 0. The van der Waals surface area contributed by atoms with Gasteiger partial charge in [-0.25, -0.2) is 0 Å². The predicted molar refractivity (Wildman–Crippen MR) is 60.2 cm³/mol. The topological polar surface area (TPSA) is 52.6 Å². The molecule has 4 nitrogen and oxygen atoms in total. The van der Waals surface area contributed by atoms with E-state index in [1.165, 1.54) is 0 Å². The molecule has 0 aliphatic carbocycles. The SMILES string of the molecule is CCOP(=O)(CC(=O)CC(C)C)OCC. The van der Waals surface area contributed by atoms with E-state index in [1.54, 1.807) is 13.8 Å². The van der Waals surface area contributed by atoms with Gasteiger partial charge in [0.2, 0.25) is 0 Å². The summed E-state index contributed by atoms with van der Waals surface area (Å²) < 4.78 is 22.0. The highest BCUT2D eigenvalue weighted by atomic mass is 31.2. The Labute approximate surface area is 91.9 Å². The number of hydrogen-bond acceptors (Lipinski definition) is 4. The second-order valence-electron chi connectivity index (χ2n) is 3.74. The van der Waals surface area contributed by atoms with Gasteiger partial charge in [0.15, 0.2) is 0 Å². The molecule has 0 aromatic rings. The maximum absolute atomic E-state index is 11.9. The lowest BCUT2D eigenvalue weighted by Crippen LogP contribution is -2.11. The van der Waals surface area contributed by atoms with Crippen molar-refractivity contribution >= 4 is 13.4 Å². The Bertz CT molecular complexity index is 228. The molecule has 0 atom stereocenters. The van der Waals surface area contributed by atoms with Crippen LogP contribution in [-0.4, -0.2) is 25.2 Å². The van der Waals surface area contributed by atoms with Crippen LogP contribution in [0.5, 0.6) is 0 Å². The first kappa shape index (κ1) is 14.8. The minimum absolute atomic E-state index is 0.0600. The van der Waals surface area contributed by atoms with Gasteiger partial charge in [0, 0.05) is 6.42 Å². The summed E-state index contributed by atoms with van der Waals surface area (Å²) in [6.45, 7) is 7.96. The highest BCUT2D eigenvalue weighted by Crippen LogP contribution is 2.48. The third kappa shape index (κ3) is 6.82. The normalized spacial score (nSPS) is 12.1. The van der Waals surface area contributed by atoms with Crippen LogP contribution >= 0.6 is 7.60 Å². The third-order valence-corrected chi connectivity index (χ3v) is 3.70. The standard InChI is InChI=1S/C10H21O4P/c1-5-13-15(12,14-6-2)8-10(11)7-9(3)4/h9H,5-8H2,1-4H3. The van der Waals surface area contributed by atoms with Crippen molar-refractivity contribution in [3.8, 4) is 0 Å². The van der Waals surface area contributed by atoms with Gasteiger partial charge >= 0.3 is 7.60 Å². The molecule has 90 valence electrons. The molecule has 15 heavy (non-hydrogen) atoms. The third-order valence-electron chi connectivity index (χ3n) is 1.66. The quantitative estimate of drug-likeness (QED) is 0.608. The van der Waals surface area contributed by atoms with Crippen molar-refractivity contribution < 1.29 is 18.4 Å². The van der Waals surface area contributed by atoms with Crippen LogP contribution in [0.25, 0.3) is 0 Å². The van der Waals surface area contributed by atoms with E-state index >= 15 is 0 Å². The van der Waals surface area contributed by atoms with E-state index in [1.807, 2.05) is 13.8 Å². The van der Waals surface area contributed by atoms with Crippen LogP contribution in [0.15, 0.2) is 0 Å². The molecule has 0 aromatic carbocycles. The van der Waals surface area contributed by atoms with Gasteiger partial charge in [-0.3, -0.25) is 9.36 Å². The monoisotopic (exact) mass is 236 g/mol. The highest BCUT2D eigenvalue weighted by Gasteiger charge is 2.27. The zero-order valence-electron chi connectivity index (χ0n) is 9.99. The second-order valence-corrected chi connectivity index (χ2v) is 5.80. The van der Waals surface area contributed by atoms with Crippen LogP contribution < -0.4 is 0 Å². The van der Waals surface area contributed by atoms with Gasteiger partial charge in [-0.2, -0.15) is 0 Å². The van der Waals surface area contributed by atoms with Crippen molar-refractivity contribution in [2.45, 2.75) is 34.1 Å². The molecule has 0 rings (SSSR count). The summed E-state index contributed by atoms with van der Waals surface area (Å²) >= 11 is 0. The number of ketones is 1. The summed E-state index contributed by atoms with van der Waals surface area (Å²) in [4.78, 5) is 11.5. The van der Waals surface area contributed by atoms with E-state index in [4.69, 9.17) is 9.05 Å². The first-order chi connectivity index (χ1) is 6.93. The molecule has 0 bridgehead atoms. The molecule has 0 saturated heterocycles. The van der Waals surface area contributed by atoms with Gasteiger partial charge in [0.1, 0.15) is 11.9 Å². The first-order valence-electron chi connectivity index (χ1n) is 5.33. The van der Waals surface area contributed by atoms with Crippen LogP contribution in [-0.2, 0) is 18.4 Å². The maximum Gasteiger partial charge on any atom is 0.338 e. The van der Waals surface area contributed by atoms with Crippen molar-refractivity contribution in [1.29, 1.82) is 0 Å². The van der Waals surface area contributed by atoms with Crippen LogP contribution in [0, 0.1) is 5.92 Å². The van der Waals surface area contributed by atoms with Gasteiger partial charge in [0.25, 0.3) is 0 Å². The molecule has 0 spiro atoms. The van der Waals surface area contributed by atoms with E-state index < -0.39 is 7.60 Å². The van der Waals surface area contributed by atoms with E-state index in [0.717, 1.165) is 0 Å². The molecule has 0 N–H and O–H groups in total. The van der Waals surface area contributed by atoms with Crippen molar-refractivity contribution in [2.75, 3.05) is 19.4 Å². The lowest BCUT2D eigenvalue weighted by atomic mass is 10.1. The van der Waals surface area contributed by atoms with Crippen LogP contribution in [0.2, 0.25) is 0 Å². The molecule has 5 heteroatoms. The second kappa shape index (κ2) is 7.15.